The lowest BCUT2D eigenvalue weighted by Crippen LogP contribution is -2.39. The molecule has 0 aliphatic carbocycles. The van der Waals surface area contributed by atoms with E-state index in [1.54, 1.807) is 31.2 Å². The van der Waals surface area contributed by atoms with E-state index < -0.39 is 11.8 Å². The molecule has 1 aliphatic rings. The lowest BCUT2D eigenvalue weighted by atomic mass is 9.95. The predicted octanol–water partition coefficient (Wildman–Crippen LogP) is 3.31. The standard InChI is InChI=1S/C19H13FN2O3/c1-11-15(18(23)22(2)19(24)16(11)10-21)9-14-7-8-17(25-14)12-3-5-13(20)6-4-12/h3-9H,1-2H3/b15-9-. The molecule has 3 rings (SSSR count). The van der Waals surface area contributed by atoms with E-state index in [9.17, 15) is 14.0 Å². The van der Waals surface area contributed by atoms with Crippen molar-refractivity contribution in [3.63, 3.8) is 0 Å². The number of nitrogens with zero attached hydrogens (tertiary/aromatic N) is 2. The third kappa shape index (κ3) is 2.88. The van der Waals surface area contributed by atoms with E-state index in [1.165, 1.54) is 25.3 Å². The van der Waals surface area contributed by atoms with Gasteiger partial charge in [0, 0.05) is 18.2 Å². The van der Waals surface area contributed by atoms with Gasteiger partial charge in [-0.05, 0) is 55.0 Å². The molecule has 25 heavy (non-hydrogen) atoms. The molecule has 0 atom stereocenters. The smallest absolute Gasteiger partial charge is 0.271 e. The van der Waals surface area contributed by atoms with E-state index in [4.69, 9.17) is 9.68 Å². The summed E-state index contributed by atoms with van der Waals surface area (Å²) in [6.45, 7) is 1.55. The summed E-state index contributed by atoms with van der Waals surface area (Å²) in [7, 11) is 1.33. The summed E-state index contributed by atoms with van der Waals surface area (Å²) in [5, 5.41) is 9.15. The van der Waals surface area contributed by atoms with Crippen molar-refractivity contribution in [3.8, 4) is 17.4 Å². The summed E-state index contributed by atoms with van der Waals surface area (Å²) in [5.74, 6) is -0.554. The first-order valence-electron chi connectivity index (χ1n) is 7.43. The van der Waals surface area contributed by atoms with Crippen molar-refractivity contribution >= 4 is 17.9 Å². The summed E-state index contributed by atoms with van der Waals surface area (Å²) in [4.78, 5) is 25.2. The Morgan fingerprint density at radius 2 is 1.80 bits per heavy atom. The fraction of sp³-hybridized carbons (Fsp3) is 0.105. The quantitative estimate of drug-likeness (QED) is 0.623. The minimum atomic E-state index is -0.617. The maximum absolute atomic E-state index is 13.0. The second kappa shape index (κ2) is 6.21. The SMILES string of the molecule is CC1=C(C#N)C(=O)N(C)C(=O)/C1=C\c1ccc(-c2ccc(F)cc2)o1. The first kappa shape index (κ1) is 16.4. The number of likely N-dealkylation sites (N-methyl/N-ethyl adjacent to an activating group) is 1. The summed E-state index contributed by atoms with van der Waals surface area (Å²) >= 11 is 0. The predicted molar refractivity (Wildman–Crippen MR) is 88.2 cm³/mol. The largest absolute Gasteiger partial charge is 0.457 e. The number of furan rings is 1. The van der Waals surface area contributed by atoms with Crippen LogP contribution in [0.3, 0.4) is 0 Å². The van der Waals surface area contributed by atoms with Gasteiger partial charge in [-0.25, -0.2) is 4.39 Å². The molecule has 6 heteroatoms. The van der Waals surface area contributed by atoms with Crippen LogP contribution in [0.25, 0.3) is 17.4 Å². The first-order valence-corrected chi connectivity index (χ1v) is 7.43. The Balaban J connectivity index is 2.02. The zero-order valence-electron chi connectivity index (χ0n) is 13.5. The number of hydrogen-bond acceptors (Lipinski definition) is 4. The molecule has 1 aromatic heterocycles. The fourth-order valence-electron chi connectivity index (χ4n) is 2.54. The van der Waals surface area contributed by atoms with E-state index >= 15 is 0 Å². The van der Waals surface area contributed by atoms with Crippen molar-refractivity contribution in [1.29, 1.82) is 5.26 Å². The van der Waals surface area contributed by atoms with Gasteiger partial charge < -0.3 is 4.42 Å². The van der Waals surface area contributed by atoms with Crippen molar-refractivity contribution in [1.82, 2.24) is 4.90 Å². The second-order valence-corrected chi connectivity index (χ2v) is 5.55. The summed E-state index contributed by atoms with van der Waals surface area (Å²) in [6.07, 6.45) is 1.49. The van der Waals surface area contributed by atoms with Crippen molar-refractivity contribution < 1.29 is 18.4 Å². The third-order valence-electron chi connectivity index (χ3n) is 3.99. The number of imide groups is 1. The Morgan fingerprint density at radius 1 is 1.12 bits per heavy atom. The Hall–Kier alpha value is -3.46. The number of carbonyl (C=O) groups is 2. The van der Waals surface area contributed by atoms with Gasteiger partial charge in [-0.2, -0.15) is 5.26 Å². The molecule has 0 spiro atoms. The highest BCUT2D eigenvalue weighted by Gasteiger charge is 2.33. The highest BCUT2D eigenvalue weighted by atomic mass is 19.1. The van der Waals surface area contributed by atoms with Crippen LogP contribution in [0.15, 0.2) is 57.5 Å². The number of benzene rings is 1. The Bertz CT molecular complexity index is 975. The van der Waals surface area contributed by atoms with E-state index in [0.717, 1.165) is 4.90 Å². The third-order valence-corrected chi connectivity index (χ3v) is 3.99. The number of nitriles is 1. The molecule has 0 saturated carbocycles. The van der Waals surface area contributed by atoms with Crippen molar-refractivity contribution in [2.24, 2.45) is 0 Å². The molecule has 0 unspecified atom stereocenters. The van der Waals surface area contributed by atoms with Crippen LogP contribution in [0.5, 0.6) is 0 Å². The van der Waals surface area contributed by atoms with Gasteiger partial charge in [-0.15, -0.1) is 0 Å². The van der Waals surface area contributed by atoms with Gasteiger partial charge in [0.05, 0.1) is 0 Å². The maximum atomic E-state index is 13.0. The van der Waals surface area contributed by atoms with Crippen LogP contribution in [0.2, 0.25) is 0 Å². The fourth-order valence-corrected chi connectivity index (χ4v) is 2.54. The van der Waals surface area contributed by atoms with Crippen molar-refractivity contribution in [2.75, 3.05) is 7.05 Å². The molecule has 0 fully saturated rings. The second-order valence-electron chi connectivity index (χ2n) is 5.55. The van der Waals surface area contributed by atoms with E-state index in [2.05, 4.69) is 0 Å². The molecule has 0 bridgehead atoms. The van der Waals surface area contributed by atoms with Gasteiger partial charge >= 0.3 is 0 Å². The lowest BCUT2D eigenvalue weighted by molar-refractivity contribution is -0.138. The lowest BCUT2D eigenvalue weighted by Gasteiger charge is -2.23. The number of hydrogen-bond donors (Lipinski definition) is 0. The summed E-state index contributed by atoms with van der Waals surface area (Å²) < 4.78 is 18.7. The Labute approximate surface area is 143 Å². The Morgan fingerprint density at radius 3 is 2.44 bits per heavy atom. The molecular weight excluding hydrogens is 323 g/mol. The van der Waals surface area contributed by atoms with E-state index in [0.29, 0.717) is 22.7 Å². The van der Waals surface area contributed by atoms with Crippen LogP contribution >= 0.6 is 0 Å². The minimum Gasteiger partial charge on any atom is -0.457 e. The first-order chi connectivity index (χ1) is 11.9. The van der Waals surface area contributed by atoms with Crippen LogP contribution in [-0.2, 0) is 9.59 Å². The molecule has 2 heterocycles. The normalized spacial score (nSPS) is 16.6. The zero-order valence-corrected chi connectivity index (χ0v) is 13.5. The number of halogens is 1. The molecule has 5 nitrogen and oxygen atoms in total. The average Bonchev–Trinajstić information content (AvgIpc) is 3.07. The molecule has 124 valence electrons. The van der Waals surface area contributed by atoms with Gasteiger partial charge in [-0.1, -0.05) is 0 Å². The topological polar surface area (TPSA) is 74.3 Å². The van der Waals surface area contributed by atoms with Gasteiger partial charge in [0.1, 0.15) is 29.0 Å². The minimum absolute atomic E-state index is 0.0707. The van der Waals surface area contributed by atoms with Crippen molar-refractivity contribution in [3.05, 3.63) is 64.7 Å². The molecule has 0 radical (unpaired) electrons. The average molecular weight is 336 g/mol. The Kier molecular flexibility index (Phi) is 4.07. The summed E-state index contributed by atoms with van der Waals surface area (Å²) in [5.41, 5.74) is 1.16. The molecule has 2 amide bonds. The van der Waals surface area contributed by atoms with Gasteiger partial charge in [0.15, 0.2) is 0 Å². The van der Waals surface area contributed by atoms with Crippen LogP contribution in [0.1, 0.15) is 12.7 Å². The highest BCUT2D eigenvalue weighted by Crippen LogP contribution is 2.28. The summed E-state index contributed by atoms with van der Waals surface area (Å²) in [6, 6.07) is 11.0. The number of carbonyl (C=O) groups excluding carboxylic acids is 2. The van der Waals surface area contributed by atoms with Crippen LogP contribution in [-0.4, -0.2) is 23.8 Å². The van der Waals surface area contributed by atoms with Gasteiger partial charge in [0.25, 0.3) is 11.8 Å². The van der Waals surface area contributed by atoms with Crippen LogP contribution < -0.4 is 0 Å². The van der Waals surface area contributed by atoms with Gasteiger partial charge in [0.2, 0.25) is 0 Å². The van der Waals surface area contributed by atoms with E-state index in [1.807, 2.05) is 6.07 Å². The highest BCUT2D eigenvalue weighted by molar-refractivity contribution is 6.19. The van der Waals surface area contributed by atoms with Crippen LogP contribution in [0, 0.1) is 17.1 Å². The molecular formula is C19H13FN2O3. The van der Waals surface area contributed by atoms with Gasteiger partial charge in [-0.3, -0.25) is 14.5 Å². The zero-order chi connectivity index (χ0) is 18.1. The monoisotopic (exact) mass is 336 g/mol. The number of rotatable bonds is 2. The van der Waals surface area contributed by atoms with Crippen molar-refractivity contribution in [2.45, 2.75) is 6.92 Å². The molecule has 0 N–H and O–H groups in total. The van der Waals surface area contributed by atoms with E-state index in [-0.39, 0.29) is 17.0 Å². The molecule has 1 aromatic carbocycles. The van der Waals surface area contributed by atoms with Crippen LogP contribution in [0.4, 0.5) is 4.39 Å². The molecule has 2 aromatic rings. The molecule has 1 aliphatic heterocycles. The maximum Gasteiger partial charge on any atom is 0.271 e. The number of amides is 2. The molecule has 0 saturated heterocycles.